The smallest absolute Gasteiger partial charge is 0.387 e. The van der Waals surface area contributed by atoms with Gasteiger partial charge in [0.1, 0.15) is 5.75 Å². The number of para-hydroxylation sites is 1. The standard InChI is InChI=1S/C17H20F2N2O5S/c18-17(19)26-14-4-2-1-3-11(14)8-20-16(23)12-7-15(22)21(9-12)13-5-6-27(24,25)10-13/h1-4,12-13,17H,5-10H2,(H,20,23)/t12-,13-/m0/s1. The van der Waals surface area contributed by atoms with Crippen molar-refractivity contribution in [2.75, 3.05) is 18.1 Å². The summed E-state index contributed by atoms with van der Waals surface area (Å²) in [5.74, 6) is -1.24. The van der Waals surface area contributed by atoms with Gasteiger partial charge in [0, 0.05) is 31.1 Å². The summed E-state index contributed by atoms with van der Waals surface area (Å²) < 4.78 is 52.5. The number of hydrogen-bond donors (Lipinski definition) is 1. The molecule has 2 aliphatic rings. The van der Waals surface area contributed by atoms with Crippen molar-refractivity contribution >= 4 is 21.7 Å². The second-order valence-corrected chi connectivity index (χ2v) is 8.94. The van der Waals surface area contributed by atoms with Crippen molar-refractivity contribution in [1.29, 1.82) is 0 Å². The zero-order valence-corrected chi connectivity index (χ0v) is 15.3. The highest BCUT2D eigenvalue weighted by Crippen LogP contribution is 2.26. The van der Waals surface area contributed by atoms with Crippen LogP contribution in [0.1, 0.15) is 18.4 Å². The lowest BCUT2D eigenvalue weighted by atomic mass is 10.1. The molecule has 148 valence electrons. The minimum Gasteiger partial charge on any atom is -0.434 e. The molecule has 2 aliphatic heterocycles. The van der Waals surface area contributed by atoms with Crippen LogP contribution in [0.3, 0.4) is 0 Å². The maximum Gasteiger partial charge on any atom is 0.387 e. The van der Waals surface area contributed by atoms with Crippen molar-refractivity contribution in [1.82, 2.24) is 10.2 Å². The number of ether oxygens (including phenoxy) is 1. The highest BCUT2D eigenvalue weighted by Gasteiger charge is 2.41. The normalized spacial score (nSPS) is 24.4. The summed E-state index contributed by atoms with van der Waals surface area (Å²) in [6.45, 7) is -2.81. The molecule has 2 amide bonds. The van der Waals surface area contributed by atoms with Gasteiger partial charge in [-0.25, -0.2) is 8.42 Å². The Hall–Kier alpha value is -2.23. The second kappa shape index (κ2) is 7.79. The molecule has 2 atom stereocenters. The highest BCUT2D eigenvalue weighted by atomic mass is 32.2. The van der Waals surface area contributed by atoms with E-state index >= 15 is 0 Å². The van der Waals surface area contributed by atoms with Crippen LogP contribution < -0.4 is 10.1 Å². The zero-order chi connectivity index (χ0) is 19.6. The van der Waals surface area contributed by atoms with Gasteiger partial charge in [0.15, 0.2) is 9.84 Å². The van der Waals surface area contributed by atoms with E-state index in [-0.39, 0.29) is 54.6 Å². The van der Waals surface area contributed by atoms with Crippen LogP contribution in [-0.4, -0.2) is 55.8 Å². The van der Waals surface area contributed by atoms with E-state index in [2.05, 4.69) is 10.1 Å². The van der Waals surface area contributed by atoms with Crippen molar-refractivity contribution in [2.24, 2.45) is 5.92 Å². The van der Waals surface area contributed by atoms with Crippen molar-refractivity contribution in [3.63, 3.8) is 0 Å². The van der Waals surface area contributed by atoms with E-state index in [1.807, 2.05) is 0 Å². The van der Waals surface area contributed by atoms with E-state index in [4.69, 9.17) is 0 Å². The molecule has 0 saturated carbocycles. The molecule has 0 aliphatic carbocycles. The maximum absolute atomic E-state index is 12.4. The molecule has 0 spiro atoms. The molecular weight excluding hydrogens is 382 g/mol. The van der Waals surface area contributed by atoms with Crippen LogP contribution in [0.4, 0.5) is 8.78 Å². The predicted molar refractivity (Wildman–Crippen MR) is 91.8 cm³/mol. The van der Waals surface area contributed by atoms with Crippen LogP contribution >= 0.6 is 0 Å². The van der Waals surface area contributed by atoms with Gasteiger partial charge >= 0.3 is 6.61 Å². The maximum atomic E-state index is 12.4. The van der Waals surface area contributed by atoms with Crippen LogP contribution in [0.25, 0.3) is 0 Å². The van der Waals surface area contributed by atoms with Crippen LogP contribution in [0.5, 0.6) is 5.75 Å². The molecule has 1 aromatic rings. The van der Waals surface area contributed by atoms with Crippen LogP contribution in [-0.2, 0) is 26.0 Å². The summed E-state index contributed by atoms with van der Waals surface area (Å²) in [7, 11) is -3.12. The lowest BCUT2D eigenvalue weighted by Gasteiger charge is -2.23. The summed E-state index contributed by atoms with van der Waals surface area (Å²) in [5, 5.41) is 2.64. The Morgan fingerprint density at radius 1 is 1.33 bits per heavy atom. The third-order valence-corrected chi connectivity index (χ3v) is 6.57. The predicted octanol–water partition coefficient (Wildman–Crippen LogP) is 0.940. The summed E-state index contributed by atoms with van der Waals surface area (Å²) >= 11 is 0. The number of sulfone groups is 1. The number of nitrogens with zero attached hydrogens (tertiary/aromatic N) is 1. The Kier molecular flexibility index (Phi) is 5.64. The van der Waals surface area contributed by atoms with Crippen LogP contribution in [0.2, 0.25) is 0 Å². The Labute approximate surface area is 155 Å². The average Bonchev–Trinajstić information content (AvgIpc) is 3.15. The Bertz CT molecular complexity index is 830. The third-order valence-electron chi connectivity index (χ3n) is 4.82. The first kappa shape index (κ1) is 19.5. The van der Waals surface area contributed by atoms with Gasteiger partial charge in [-0.2, -0.15) is 8.78 Å². The number of hydrogen-bond acceptors (Lipinski definition) is 5. The number of likely N-dealkylation sites (tertiary alicyclic amines) is 1. The van der Waals surface area contributed by atoms with Gasteiger partial charge in [0.2, 0.25) is 11.8 Å². The summed E-state index contributed by atoms with van der Waals surface area (Å²) in [6.07, 6.45) is 0.401. The van der Waals surface area contributed by atoms with E-state index in [1.165, 1.54) is 11.0 Å². The van der Waals surface area contributed by atoms with E-state index in [0.29, 0.717) is 12.0 Å². The number of carbonyl (C=O) groups excluding carboxylic acids is 2. The number of benzene rings is 1. The van der Waals surface area contributed by atoms with E-state index in [1.54, 1.807) is 18.2 Å². The average molecular weight is 402 g/mol. The summed E-state index contributed by atoms with van der Waals surface area (Å²) in [5.41, 5.74) is 0.397. The fraction of sp³-hybridized carbons (Fsp3) is 0.529. The number of alkyl halides is 2. The first-order valence-corrected chi connectivity index (χ1v) is 10.4. The second-order valence-electron chi connectivity index (χ2n) is 6.71. The van der Waals surface area contributed by atoms with Crippen LogP contribution in [0.15, 0.2) is 24.3 Å². The fourth-order valence-electron chi connectivity index (χ4n) is 3.47. The number of carbonyl (C=O) groups is 2. The van der Waals surface area contributed by atoms with Gasteiger partial charge in [-0.15, -0.1) is 0 Å². The molecule has 1 aromatic carbocycles. The molecule has 0 aromatic heterocycles. The fourth-order valence-corrected chi connectivity index (χ4v) is 5.20. The largest absolute Gasteiger partial charge is 0.434 e. The zero-order valence-electron chi connectivity index (χ0n) is 14.4. The lowest BCUT2D eigenvalue weighted by Crippen LogP contribution is -2.39. The van der Waals surface area contributed by atoms with Gasteiger partial charge in [-0.3, -0.25) is 9.59 Å². The SMILES string of the molecule is O=C(NCc1ccccc1OC(F)F)[C@H]1CC(=O)N([C@H]2CCS(=O)(=O)C2)C1. The number of nitrogens with one attached hydrogen (secondary N) is 1. The molecule has 27 heavy (non-hydrogen) atoms. The molecule has 0 radical (unpaired) electrons. The Morgan fingerprint density at radius 2 is 2.07 bits per heavy atom. The monoisotopic (exact) mass is 402 g/mol. The number of halogens is 2. The first-order valence-electron chi connectivity index (χ1n) is 8.55. The molecule has 10 heteroatoms. The first-order chi connectivity index (χ1) is 12.7. The molecule has 1 N–H and O–H groups in total. The van der Waals surface area contributed by atoms with Gasteiger partial charge < -0.3 is 15.0 Å². The molecule has 0 unspecified atom stereocenters. The molecule has 2 fully saturated rings. The van der Waals surface area contributed by atoms with E-state index in [9.17, 15) is 26.8 Å². The Morgan fingerprint density at radius 3 is 2.74 bits per heavy atom. The van der Waals surface area contributed by atoms with Crippen molar-refractivity contribution in [3.05, 3.63) is 29.8 Å². The molecular formula is C17H20F2N2O5S. The van der Waals surface area contributed by atoms with Gasteiger partial charge in [-0.05, 0) is 12.5 Å². The van der Waals surface area contributed by atoms with E-state index in [0.717, 1.165) is 0 Å². The summed E-state index contributed by atoms with van der Waals surface area (Å²) in [4.78, 5) is 26.0. The van der Waals surface area contributed by atoms with Crippen molar-refractivity contribution in [3.8, 4) is 5.75 Å². The van der Waals surface area contributed by atoms with Gasteiger partial charge in [0.25, 0.3) is 0 Å². The van der Waals surface area contributed by atoms with Gasteiger partial charge in [0.05, 0.1) is 17.4 Å². The molecule has 3 rings (SSSR count). The van der Waals surface area contributed by atoms with Crippen LogP contribution in [0, 0.1) is 5.92 Å². The number of amides is 2. The van der Waals surface area contributed by atoms with Crippen molar-refractivity contribution < 1.29 is 31.5 Å². The molecule has 7 nitrogen and oxygen atoms in total. The molecule has 0 bridgehead atoms. The minimum atomic E-state index is -3.12. The number of rotatable bonds is 6. The summed E-state index contributed by atoms with van der Waals surface area (Å²) in [6, 6.07) is 5.76. The highest BCUT2D eigenvalue weighted by molar-refractivity contribution is 7.91. The molecule has 2 saturated heterocycles. The Balaban J connectivity index is 1.57. The van der Waals surface area contributed by atoms with Crippen molar-refractivity contribution in [2.45, 2.75) is 32.0 Å². The third kappa shape index (κ3) is 4.74. The minimum absolute atomic E-state index is 0.00970. The topological polar surface area (TPSA) is 92.8 Å². The quantitative estimate of drug-likeness (QED) is 0.765. The van der Waals surface area contributed by atoms with Gasteiger partial charge in [-0.1, -0.05) is 18.2 Å². The van der Waals surface area contributed by atoms with E-state index < -0.39 is 22.4 Å². The molecule has 2 heterocycles. The lowest BCUT2D eigenvalue weighted by molar-refractivity contribution is -0.130.